The van der Waals surface area contributed by atoms with Crippen molar-refractivity contribution in [3.63, 3.8) is 0 Å². The van der Waals surface area contributed by atoms with Gasteiger partial charge in [-0.1, -0.05) is 78.0 Å². The second-order valence-corrected chi connectivity index (χ2v) is 24.4. The molecule has 84 heavy (non-hydrogen) atoms. The number of carbonyl (C=O) groups excluding carboxylic acids is 4. The number of aliphatic carboxylic acids is 2. The zero-order chi connectivity index (χ0) is 60.9. The van der Waals surface area contributed by atoms with E-state index in [1.54, 1.807) is 37.5 Å². The monoisotopic (exact) mass is 1140 g/mol. The van der Waals surface area contributed by atoms with E-state index < -0.39 is 11.9 Å². The molecule has 0 aromatic carbocycles. The van der Waals surface area contributed by atoms with Crippen LogP contribution in [0.15, 0.2) is 79.3 Å². The summed E-state index contributed by atoms with van der Waals surface area (Å²) in [6, 6.07) is 14.2. The number of hydrogen-bond donors (Lipinski definition) is 5. The third kappa shape index (κ3) is 17.9. The molecule has 0 saturated heterocycles. The standard InChI is InChI=1S/C23H29N3O3.C22H23N3O3.C21H25N3O3/c1-5-29-20(28)13-18-7-6-17(12-19(27)22-24-14-15(2)25-22)21(26-18)16-8-10-23(3,4)11-9-16;1-22(2)7-5-15(6-8-22)21-16(3-4-17(25-21)11-20(27)28)10-19(26)18-9-14(12-23)13-24-18;1-13-12-22-20(23-13)17(25)10-15-4-5-16(11-18(26)27)24-19(15)14-6-8-21(2,3)9-7-14/h6-8,14H,5,9-13H2,1-4H3,(H,24,25);3-5,9,13,24H,6-8,10-11H2,1-2H3,(H,27,28);4-6,12H,7-11H2,1-3H3,(H,22,23)(H,26,27). The smallest absolute Gasteiger partial charge is 0.311 e. The minimum atomic E-state index is -0.934. The van der Waals surface area contributed by atoms with E-state index in [1.807, 2.05) is 38.1 Å². The molecule has 18 nitrogen and oxygen atoms in total. The Kier molecular flexibility index (Phi) is 20.6. The van der Waals surface area contributed by atoms with Crippen LogP contribution in [0.1, 0.15) is 206 Å². The van der Waals surface area contributed by atoms with Gasteiger partial charge in [-0.15, -0.1) is 0 Å². The zero-order valence-electron chi connectivity index (χ0n) is 49.8. The molecule has 0 unspecified atom stereocenters. The summed E-state index contributed by atoms with van der Waals surface area (Å²) in [5, 5.41) is 27.1. The molecule has 0 radical (unpaired) electrons. The summed E-state index contributed by atoms with van der Waals surface area (Å²) in [6.07, 6.45) is 20.3. The summed E-state index contributed by atoms with van der Waals surface area (Å²) < 4.78 is 5.05. The summed E-state index contributed by atoms with van der Waals surface area (Å²) in [4.78, 5) is 103. The molecular formula is C66H77N9O9. The van der Waals surface area contributed by atoms with E-state index in [-0.39, 0.29) is 78.1 Å². The van der Waals surface area contributed by atoms with Gasteiger partial charge in [-0.2, -0.15) is 5.26 Å². The number of pyridine rings is 3. The predicted octanol–water partition coefficient (Wildman–Crippen LogP) is 11.9. The van der Waals surface area contributed by atoms with E-state index in [0.29, 0.717) is 46.6 Å². The number of hydrogen-bond acceptors (Lipinski definition) is 13. The SMILES string of the molecule is CC1(C)CC=C(c2nc(CC(=O)O)ccc2CC(=O)c2cc(C#N)c[nH]2)CC1.CCOC(=O)Cc1ccc(CC(=O)c2ncc(C)[nH]2)c(C2=CCC(C)(C)CC2)n1.Cc1cnc(C(=O)Cc2ccc(CC(=O)O)nc2C2=CCC(C)(C)CC2)[nH]1. The molecular weight excluding hydrogens is 1060 g/mol. The van der Waals surface area contributed by atoms with Crippen LogP contribution in [0.2, 0.25) is 0 Å². The first-order chi connectivity index (χ1) is 39.8. The number of nitrogens with one attached hydrogen (secondary N) is 3. The number of aromatic nitrogens is 8. The third-order valence-electron chi connectivity index (χ3n) is 15.3. The number of esters is 1. The van der Waals surface area contributed by atoms with Gasteiger partial charge in [0, 0.05) is 49.2 Å². The van der Waals surface area contributed by atoms with Gasteiger partial charge in [-0.05, 0) is 152 Å². The minimum absolute atomic E-state index is 0.0731. The summed E-state index contributed by atoms with van der Waals surface area (Å²) in [5.74, 6) is -1.75. The third-order valence-corrected chi connectivity index (χ3v) is 15.3. The number of H-pyrrole nitrogens is 3. The van der Waals surface area contributed by atoms with E-state index in [9.17, 15) is 28.8 Å². The average molecular weight is 1140 g/mol. The van der Waals surface area contributed by atoms with Gasteiger partial charge in [0.15, 0.2) is 17.4 Å². The number of aromatic amines is 3. The van der Waals surface area contributed by atoms with Crippen molar-refractivity contribution in [1.82, 2.24) is 39.9 Å². The number of aryl methyl sites for hydroxylation is 2. The fourth-order valence-corrected chi connectivity index (χ4v) is 10.2. The Morgan fingerprint density at radius 3 is 1.26 bits per heavy atom. The number of carbonyl (C=O) groups is 6. The number of ether oxygens (including phenoxy) is 1. The molecule has 0 amide bonds. The van der Waals surface area contributed by atoms with Gasteiger partial charge in [0.2, 0.25) is 11.6 Å². The maximum absolute atomic E-state index is 12.7. The van der Waals surface area contributed by atoms with Crippen LogP contribution in [0.4, 0.5) is 0 Å². The molecule has 0 bridgehead atoms. The molecule has 5 N–H and O–H groups in total. The van der Waals surface area contributed by atoms with Crippen molar-refractivity contribution >= 4 is 52.0 Å². The number of carboxylic acids is 2. The maximum Gasteiger partial charge on any atom is 0.311 e. The molecule has 3 aliphatic carbocycles. The number of ketones is 3. The largest absolute Gasteiger partial charge is 0.481 e. The molecule has 0 aliphatic heterocycles. The van der Waals surface area contributed by atoms with Gasteiger partial charge in [0.05, 0.1) is 71.3 Å². The highest BCUT2D eigenvalue weighted by molar-refractivity contribution is 5.97. The summed E-state index contributed by atoms with van der Waals surface area (Å²) in [6.45, 7) is 19.3. The van der Waals surface area contributed by atoms with Gasteiger partial charge in [0.1, 0.15) is 6.07 Å². The lowest BCUT2D eigenvalue weighted by molar-refractivity contribution is -0.142. The van der Waals surface area contributed by atoms with E-state index in [1.165, 1.54) is 12.3 Å². The average Bonchev–Trinajstić information content (AvgIpc) is 3.62. The Labute approximate surface area is 490 Å². The Morgan fingerprint density at radius 2 is 0.952 bits per heavy atom. The molecule has 6 heterocycles. The Morgan fingerprint density at radius 1 is 0.571 bits per heavy atom. The lowest BCUT2D eigenvalue weighted by Crippen LogP contribution is -2.17. The minimum Gasteiger partial charge on any atom is -0.481 e. The lowest BCUT2D eigenvalue weighted by Gasteiger charge is -2.29. The molecule has 0 fully saturated rings. The van der Waals surface area contributed by atoms with Gasteiger partial charge in [-0.25, -0.2) is 9.97 Å². The van der Waals surface area contributed by atoms with Crippen LogP contribution in [0, 0.1) is 41.4 Å². The molecule has 18 heteroatoms. The van der Waals surface area contributed by atoms with Crippen molar-refractivity contribution in [3.8, 4) is 6.07 Å². The normalized spacial score (nSPS) is 15.7. The van der Waals surface area contributed by atoms with Crippen molar-refractivity contribution in [2.75, 3.05) is 6.61 Å². The van der Waals surface area contributed by atoms with Crippen LogP contribution in [-0.2, 0) is 57.6 Å². The molecule has 3 aliphatic rings. The van der Waals surface area contributed by atoms with E-state index in [4.69, 9.17) is 25.2 Å². The van der Waals surface area contributed by atoms with Crippen LogP contribution in [0.3, 0.4) is 0 Å². The van der Waals surface area contributed by atoms with Gasteiger partial charge >= 0.3 is 17.9 Å². The fraction of sp³-hybridized carbons (Fsp3) is 0.424. The van der Waals surface area contributed by atoms with Crippen LogP contribution in [0.25, 0.3) is 16.7 Å². The van der Waals surface area contributed by atoms with Gasteiger partial charge in [-0.3, -0.25) is 43.7 Å². The number of Topliss-reactive ketones (excluding diaryl/α,β-unsaturated/α-hetero) is 3. The highest BCUT2D eigenvalue weighted by Crippen LogP contribution is 2.41. The van der Waals surface area contributed by atoms with Crippen molar-refractivity contribution in [1.29, 1.82) is 5.26 Å². The second kappa shape index (κ2) is 27.6. The summed E-state index contributed by atoms with van der Waals surface area (Å²) >= 11 is 0. The zero-order valence-corrected chi connectivity index (χ0v) is 49.8. The van der Waals surface area contributed by atoms with Crippen molar-refractivity contribution in [2.45, 2.75) is 159 Å². The lowest BCUT2D eigenvalue weighted by atomic mass is 9.77. The van der Waals surface area contributed by atoms with Crippen molar-refractivity contribution in [2.24, 2.45) is 16.2 Å². The van der Waals surface area contributed by atoms with Gasteiger partial charge < -0.3 is 29.9 Å². The van der Waals surface area contributed by atoms with Crippen LogP contribution >= 0.6 is 0 Å². The van der Waals surface area contributed by atoms with Crippen LogP contribution in [0.5, 0.6) is 0 Å². The highest BCUT2D eigenvalue weighted by Gasteiger charge is 2.28. The number of nitrogens with zero attached hydrogens (tertiary/aromatic N) is 6. The van der Waals surface area contributed by atoms with Crippen molar-refractivity contribution in [3.05, 3.63) is 164 Å². The van der Waals surface area contributed by atoms with E-state index >= 15 is 0 Å². The molecule has 440 valence electrons. The molecule has 6 aromatic heterocycles. The maximum atomic E-state index is 12.7. The number of allylic oxidation sites excluding steroid dienone is 6. The fourth-order valence-electron chi connectivity index (χ4n) is 10.2. The quantitative estimate of drug-likeness (QED) is 0.0372. The predicted molar refractivity (Wildman–Crippen MR) is 319 cm³/mol. The molecule has 0 atom stereocenters. The van der Waals surface area contributed by atoms with E-state index in [0.717, 1.165) is 120 Å². The molecule has 9 rings (SSSR count). The number of rotatable bonds is 19. The second-order valence-electron chi connectivity index (χ2n) is 24.4. The van der Waals surface area contributed by atoms with Crippen molar-refractivity contribution < 1.29 is 43.7 Å². The van der Waals surface area contributed by atoms with Crippen LogP contribution in [-0.4, -0.2) is 91.9 Å². The number of nitriles is 1. The highest BCUT2D eigenvalue weighted by atomic mass is 16.5. The molecule has 0 spiro atoms. The van der Waals surface area contributed by atoms with Gasteiger partial charge in [0.25, 0.3) is 0 Å². The van der Waals surface area contributed by atoms with Crippen LogP contribution < -0.4 is 0 Å². The Hall–Kier alpha value is -8.72. The summed E-state index contributed by atoms with van der Waals surface area (Å²) in [5.41, 5.74) is 13.0. The molecule has 0 saturated carbocycles. The number of imidazole rings is 2. The Bertz CT molecular complexity index is 3580. The Balaban J connectivity index is 0.000000181. The topological polar surface area (TPSA) is 288 Å². The first kappa shape index (κ1) is 62.9. The summed E-state index contributed by atoms with van der Waals surface area (Å²) in [7, 11) is 0. The first-order valence-electron chi connectivity index (χ1n) is 28.6. The van der Waals surface area contributed by atoms with E-state index in [2.05, 4.69) is 94.7 Å². The number of carboxylic acid groups (broad SMARTS) is 2. The first-order valence-corrected chi connectivity index (χ1v) is 28.6. The molecule has 6 aromatic rings.